The van der Waals surface area contributed by atoms with Gasteiger partial charge in [-0.3, -0.25) is 0 Å². The van der Waals surface area contributed by atoms with Gasteiger partial charge in [0.1, 0.15) is 5.76 Å². The first-order chi connectivity index (χ1) is 5.33. The highest BCUT2D eigenvalue weighted by Gasteiger charge is 2.04. The quantitative estimate of drug-likeness (QED) is 0.661. The van der Waals surface area contributed by atoms with E-state index in [0.29, 0.717) is 13.0 Å². The molecule has 0 fully saturated rings. The molecule has 1 aromatic heterocycles. The van der Waals surface area contributed by atoms with Crippen molar-refractivity contribution < 1.29 is 9.52 Å². The third-order valence-corrected chi connectivity index (χ3v) is 1.46. The predicted octanol–water partition coefficient (Wildman–Crippen LogP) is 0.402. The fraction of sp³-hybridized carbons (Fsp3) is 0.500. The first kappa shape index (κ1) is 8.30. The summed E-state index contributed by atoms with van der Waals surface area (Å²) >= 11 is 0. The van der Waals surface area contributed by atoms with Gasteiger partial charge in [-0.05, 0) is 19.2 Å². The maximum Gasteiger partial charge on any atom is 0.106 e. The predicted molar refractivity (Wildman–Crippen MR) is 42.3 cm³/mol. The molecule has 0 aliphatic carbocycles. The molecule has 0 aliphatic heterocycles. The summed E-state index contributed by atoms with van der Waals surface area (Å²) in [4.78, 5) is 0. The molecule has 0 aromatic carbocycles. The Morgan fingerprint density at radius 1 is 1.73 bits per heavy atom. The van der Waals surface area contributed by atoms with Crippen LogP contribution in [0.5, 0.6) is 0 Å². The Bertz CT molecular complexity index is 184. The van der Waals surface area contributed by atoms with Crippen LogP contribution < -0.4 is 5.32 Å². The second kappa shape index (κ2) is 4.16. The van der Waals surface area contributed by atoms with Gasteiger partial charge in [-0.2, -0.15) is 0 Å². The van der Waals surface area contributed by atoms with Crippen LogP contribution in [0.4, 0.5) is 0 Å². The van der Waals surface area contributed by atoms with Gasteiger partial charge in [0.15, 0.2) is 0 Å². The van der Waals surface area contributed by atoms with Crippen molar-refractivity contribution in [2.24, 2.45) is 0 Å². The maximum atomic E-state index is 9.30. The van der Waals surface area contributed by atoms with E-state index in [4.69, 9.17) is 4.42 Å². The summed E-state index contributed by atoms with van der Waals surface area (Å²) in [5.41, 5.74) is 0. The largest absolute Gasteiger partial charge is 0.469 e. The Morgan fingerprint density at radius 3 is 3.09 bits per heavy atom. The van der Waals surface area contributed by atoms with Crippen LogP contribution in [0, 0.1) is 0 Å². The van der Waals surface area contributed by atoms with Crippen LogP contribution in [0.1, 0.15) is 5.76 Å². The molecule has 1 rings (SSSR count). The first-order valence-corrected chi connectivity index (χ1v) is 3.68. The zero-order chi connectivity index (χ0) is 8.10. The maximum absolute atomic E-state index is 9.30. The summed E-state index contributed by atoms with van der Waals surface area (Å²) in [6.07, 6.45) is 1.83. The van der Waals surface area contributed by atoms with E-state index >= 15 is 0 Å². The molecule has 62 valence electrons. The molecule has 1 aromatic rings. The minimum Gasteiger partial charge on any atom is -0.469 e. The Hall–Kier alpha value is -0.800. The highest BCUT2D eigenvalue weighted by Crippen LogP contribution is 2.02. The third-order valence-electron chi connectivity index (χ3n) is 1.46. The average Bonchev–Trinajstić information content (AvgIpc) is 2.40. The lowest BCUT2D eigenvalue weighted by Crippen LogP contribution is -2.25. The van der Waals surface area contributed by atoms with Crippen molar-refractivity contribution in [3.8, 4) is 0 Å². The fourth-order valence-electron chi connectivity index (χ4n) is 0.969. The van der Waals surface area contributed by atoms with Crippen molar-refractivity contribution in [2.75, 3.05) is 13.6 Å². The molecule has 2 N–H and O–H groups in total. The molecule has 0 saturated carbocycles. The number of nitrogens with one attached hydrogen (secondary N) is 1. The van der Waals surface area contributed by atoms with Crippen LogP contribution in [0.15, 0.2) is 22.8 Å². The molecule has 3 heteroatoms. The monoisotopic (exact) mass is 155 g/mol. The number of furan rings is 1. The molecule has 3 nitrogen and oxygen atoms in total. The van der Waals surface area contributed by atoms with Crippen LogP contribution in [0.25, 0.3) is 0 Å². The molecule has 1 atom stereocenters. The lowest BCUT2D eigenvalue weighted by Gasteiger charge is -2.06. The Morgan fingerprint density at radius 2 is 2.55 bits per heavy atom. The smallest absolute Gasteiger partial charge is 0.106 e. The van der Waals surface area contributed by atoms with Crippen LogP contribution >= 0.6 is 0 Å². The Kier molecular flexibility index (Phi) is 3.14. The van der Waals surface area contributed by atoms with Crippen molar-refractivity contribution in [3.63, 3.8) is 0 Å². The van der Waals surface area contributed by atoms with Crippen molar-refractivity contribution in [2.45, 2.75) is 12.5 Å². The molecule has 1 heterocycles. The van der Waals surface area contributed by atoms with Gasteiger partial charge in [-0.1, -0.05) is 0 Å². The van der Waals surface area contributed by atoms with Gasteiger partial charge < -0.3 is 14.8 Å². The Labute approximate surface area is 66.0 Å². The van der Waals surface area contributed by atoms with Crippen LogP contribution in [0.3, 0.4) is 0 Å². The van der Waals surface area contributed by atoms with E-state index in [1.807, 2.05) is 19.2 Å². The molecular weight excluding hydrogens is 142 g/mol. The van der Waals surface area contributed by atoms with E-state index < -0.39 is 0 Å². The highest BCUT2D eigenvalue weighted by molar-refractivity contribution is 4.99. The summed E-state index contributed by atoms with van der Waals surface area (Å²) < 4.78 is 5.06. The molecule has 0 radical (unpaired) electrons. The number of hydrogen-bond acceptors (Lipinski definition) is 3. The summed E-state index contributed by atoms with van der Waals surface area (Å²) in [7, 11) is 1.81. The molecule has 11 heavy (non-hydrogen) atoms. The summed E-state index contributed by atoms with van der Waals surface area (Å²) in [6.45, 7) is 0.598. The van der Waals surface area contributed by atoms with Crippen LogP contribution in [-0.4, -0.2) is 24.8 Å². The number of aliphatic hydroxyl groups is 1. The first-order valence-electron chi connectivity index (χ1n) is 3.68. The minimum atomic E-state index is -0.355. The van der Waals surface area contributed by atoms with E-state index in [1.54, 1.807) is 6.26 Å². The van der Waals surface area contributed by atoms with E-state index in [1.165, 1.54) is 0 Å². The second-order valence-electron chi connectivity index (χ2n) is 2.49. The number of hydrogen-bond donors (Lipinski definition) is 2. The van der Waals surface area contributed by atoms with E-state index in [2.05, 4.69) is 5.32 Å². The van der Waals surface area contributed by atoms with Crippen molar-refractivity contribution >= 4 is 0 Å². The summed E-state index contributed by atoms with van der Waals surface area (Å²) in [5.74, 6) is 0.827. The average molecular weight is 155 g/mol. The van der Waals surface area contributed by atoms with E-state index in [9.17, 15) is 5.11 Å². The van der Waals surface area contributed by atoms with E-state index in [0.717, 1.165) is 5.76 Å². The SMILES string of the molecule is CNCC(O)Cc1ccco1. The van der Waals surface area contributed by atoms with E-state index in [-0.39, 0.29) is 6.10 Å². The molecular formula is C8H13NO2. The molecule has 0 saturated heterocycles. The summed E-state index contributed by atoms with van der Waals surface area (Å²) in [6, 6.07) is 3.68. The summed E-state index contributed by atoms with van der Waals surface area (Å²) in [5, 5.41) is 12.2. The van der Waals surface area contributed by atoms with Gasteiger partial charge in [0.2, 0.25) is 0 Å². The van der Waals surface area contributed by atoms with Gasteiger partial charge in [-0.25, -0.2) is 0 Å². The van der Waals surface area contributed by atoms with Gasteiger partial charge in [0.05, 0.1) is 12.4 Å². The molecule has 1 unspecified atom stereocenters. The number of likely N-dealkylation sites (N-methyl/N-ethyl adjacent to an activating group) is 1. The second-order valence-corrected chi connectivity index (χ2v) is 2.49. The Balaban J connectivity index is 2.31. The minimum absolute atomic E-state index is 0.355. The number of aliphatic hydroxyl groups excluding tert-OH is 1. The van der Waals surface area contributed by atoms with Gasteiger partial charge in [-0.15, -0.1) is 0 Å². The van der Waals surface area contributed by atoms with Crippen molar-refractivity contribution in [1.82, 2.24) is 5.32 Å². The molecule has 0 amide bonds. The fourth-order valence-corrected chi connectivity index (χ4v) is 0.969. The van der Waals surface area contributed by atoms with Crippen LogP contribution in [0.2, 0.25) is 0 Å². The highest BCUT2D eigenvalue weighted by atomic mass is 16.3. The topological polar surface area (TPSA) is 45.4 Å². The van der Waals surface area contributed by atoms with Crippen molar-refractivity contribution in [3.05, 3.63) is 24.2 Å². The van der Waals surface area contributed by atoms with Crippen LogP contribution in [-0.2, 0) is 6.42 Å². The van der Waals surface area contributed by atoms with Crippen molar-refractivity contribution in [1.29, 1.82) is 0 Å². The lowest BCUT2D eigenvalue weighted by molar-refractivity contribution is 0.167. The van der Waals surface area contributed by atoms with Gasteiger partial charge in [0, 0.05) is 13.0 Å². The number of rotatable bonds is 4. The molecule has 0 spiro atoms. The lowest BCUT2D eigenvalue weighted by atomic mass is 10.2. The molecule has 0 aliphatic rings. The standard InChI is InChI=1S/C8H13NO2/c1-9-6-7(10)5-8-3-2-4-11-8/h2-4,7,9-10H,5-6H2,1H3. The zero-order valence-electron chi connectivity index (χ0n) is 6.58. The third kappa shape index (κ3) is 2.74. The van der Waals surface area contributed by atoms with Gasteiger partial charge >= 0.3 is 0 Å². The normalized spacial score (nSPS) is 13.3. The van der Waals surface area contributed by atoms with Gasteiger partial charge in [0.25, 0.3) is 0 Å². The molecule has 0 bridgehead atoms. The zero-order valence-corrected chi connectivity index (χ0v) is 6.58.